The van der Waals surface area contributed by atoms with Crippen LogP contribution in [0.3, 0.4) is 0 Å². The molecule has 0 amide bonds. The fraction of sp³-hybridized carbons (Fsp3) is 0.125. The van der Waals surface area contributed by atoms with Crippen molar-refractivity contribution >= 4 is 11.6 Å². The van der Waals surface area contributed by atoms with Crippen LogP contribution in [0.25, 0.3) is 0 Å². The molecule has 0 aliphatic heterocycles. The van der Waals surface area contributed by atoms with Crippen LogP contribution in [0.5, 0.6) is 11.5 Å². The first-order valence-electron chi connectivity index (χ1n) is 7.19. The second-order valence-electron chi connectivity index (χ2n) is 5.12. The predicted molar refractivity (Wildman–Crippen MR) is 79.7 cm³/mol. The Kier molecular flexibility index (Phi) is 4.57. The van der Waals surface area contributed by atoms with Gasteiger partial charge in [0, 0.05) is 6.07 Å². The zero-order valence-corrected chi connectivity index (χ0v) is 12.9. The van der Waals surface area contributed by atoms with Gasteiger partial charge in [0.15, 0.2) is 5.75 Å². The van der Waals surface area contributed by atoms with E-state index < -0.39 is 23.3 Å². The lowest BCUT2D eigenvalue weighted by Gasteiger charge is -2.07. The van der Waals surface area contributed by atoms with E-state index in [9.17, 15) is 22.8 Å². The highest BCUT2D eigenvalue weighted by Crippen LogP contribution is 2.31. The third-order valence-electron chi connectivity index (χ3n) is 3.25. The lowest BCUT2D eigenvalue weighted by Crippen LogP contribution is -2.17. The lowest BCUT2D eigenvalue weighted by molar-refractivity contribution is -0.137. The number of carbonyl (C=O) groups excluding carboxylic acids is 2. The van der Waals surface area contributed by atoms with Gasteiger partial charge in [-0.15, -0.1) is 5.10 Å². The maximum atomic E-state index is 12.5. The number of aromatic amines is 1. The molecule has 1 aromatic carbocycles. The molecule has 1 N–H and O–H groups in total. The highest BCUT2D eigenvalue weighted by Gasteiger charge is 2.30. The van der Waals surface area contributed by atoms with Crippen molar-refractivity contribution in [1.82, 2.24) is 15.2 Å². The number of ether oxygens (including phenoxy) is 1. The van der Waals surface area contributed by atoms with Crippen molar-refractivity contribution < 1.29 is 31.9 Å². The summed E-state index contributed by atoms with van der Waals surface area (Å²) in [5.41, 5.74) is -0.797. The summed E-state index contributed by atoms with van der Waals surface area (Å²) in [4.78, 5) is 27.2. The summed E-state index contributed by atoms with van der Waals surface area (Å²) in [5.74, 6) is -1.40. The van der Waals surface area contributed by atoms with Gasteiger partial charge < -0.3 is 9.15 Å². The van der Waals surface area contributed by atoms with E-state index in [0.29, 0.717) is 0 Å². The summed E-state index contributed by atoms with van der Waals surface area (Å²) in [6.45, 7) is 0. The molecule has 134 valence electrons. The summed E-state index contributed by atoms with van der Waals surface area (Å²) in [7, 11) is 0. The maximum absolute atomic E-state index is 12.5. The van der Waals surface area contributed by atoms with E-state index in [-0.39, 0.29) is 29.5 Å². The Morgan fingerprint density at radius 2 is 1.88 bits per heavy atom. The molecule has 2 heterocycles. The number of furan rings is 1. The van der Waals surface area contributed by atoms with Crippen molar-refractivity contribution in [3.05, 3.63) is 60.1 Å². The molecule has 0 bridgehead atoms. The number of hydrogen-bond donors (Lipinski definition) is 1. The molecule has 0 fully saturated rings. The van der Waals surface area contributed by atoms with Crippen LogP contribution in [0, 0.1) is 0 Å². The Bertz CT molecular complexity index is 915. The number of nitrogens with zero attached hydrogens (tertiary/aromatic N) is 2. The average Bonchev–Trinajstić information content (AvgIpc) is 3.26. The number of carbonyl (C=O) groups is 2. The van der Waals surface area contributed by atoms with Crippen LogP contribution in [-0.2, 0) is 17.4 Å². The molecular formula is C16H10F3N3O4. The summed E-state index contributed by atoms with van der Waals surface area (Å²) in [6.07, 6.45) is -2.41. The molecule has 0 radical (unpaired) electrons. The lowest BCUT2D eigenvalue weighted by atomic mass is 10.1. The Labute approximate surface area is 143 Å². The van der Waals surface area contributed by atoms with E-state index in [4.69, 9.17) is 9.15 Å². The van der Waals surface area contributed by atoms with E-state index in [0.717, 1.165) is 24.3 Å². The van der Waals surface area contributed by atoms with Crippen LogP contribution in [0.2, 0.25) is 0 Å². The minimum absolute atomic E-state index is 0.154. The highest BCUT2D eigenvalue weighted by molar-refractivity contribution is 6.42. The standard InChI is InChI=1S/C16H10F3N3O4/c17-16(18,19)9-1-3-10(4-2-9)26-12-5-11(25-7-12)6-13(23)14(24)15-20-8-21-22-15/h1-5,7-8H,6H2,(H,20,21,22). The molecule has 3 aromatic rings. The molecule has 2 aromatic heterocycles. The third-order valence-corrected chi connectivity index (χ3v) is 3.25. The Morgan fingerprint density at radius 1 is 1.15 bits per heavy atom. The molecule has 0 spiro atoms. The number of alkyl halides is 3. The van der Waals surface area contributed by atoms with Crippen molar-refractivity contribution in [3.63, 3.8) is 0 Å². The van der Waals surface area contributed by atoms with Crippen LogP contribution >= 0.6 is 0 Å². The van der Waals surface area contributed by atoms with Crippen LogP contribution in [-0.4, -0.2) is 26.7 Å². The summed E-state index contributed by atoms with van der Waals surface area (Å²) < 4.78 is 48.0. The first-order valence-corrected chi connectivity index (χ1v) is 7.19. The van der Waals surface area contributed by atoms with Crippen molar-refractivity contribution in [2.45, 2.75) is 12.6 Å². The van der Waals surface area contributed by atoms with Gasteiger partial charge in [0.2, 0.25) is 11.6 Å². The van der Waals surface area contributed by atoms with E-state index in [1.165, 1.54) is 18.7 Å². The number of nitrogens with one attached hydrogen (secondary N) is 1. The molecule has 0 saturated heterocycles. The Morgan fingerprint density at radius 3 is 2.50 bits per heavy atom. The van der Waals surface area contributed by atoms with Gasteiger partial charge in [-0.05, 0) is 24.3 Å². The predicted octanol–water partition coefficient (Wildman–Crippen LogP) is 3.20. The fourth-order valence-electron chi connectivity index (χ4n) is 2.04. The van der Waals surface area contributed by atoms with Crippen molar-refractivity contribution in [1.29, 1.82) is 0 Å². The van der Waals surface area contributed by atoms with Gasteiger partial charge in [-0.2, -0.15) is 13.2 Å². The zero-order valence-electron chi connectivity index (χ0n) is 12.9. The van der Waals surface area contributed by atoms with Crippen LogP contribution in [0.4, 0.5) is 13.2 Å². The number of aromatic nitrogens is 3. The SMILES string of the molecule is O=C(Cc1cc(Oc2ccc(C(F)(F)F)cc2)co1)C(=O)c1nc[nH]n1. The van der Waals surface area contributed by atoms with Gasteiger partial charge in [0.25, 0.3) is 5.78 Å². The molecule has 0 aliphatic rings. The molecule has 0 unspecified atom stereocenters. The van der Waals surface area contributed by atoms with Gasteiger partial charge in [-0.1, -0.05) is 0 Å². The largest absolute Gasteiger partial charge is 0.465 e. The highest BCUT2D eigenvalue weighted by atomic mass is 19.4. The van der Waals surface area contributed by atoms with Crippen molar-refractivity contribution in [2.75, 3.05) is 0 Å². The summed E-state index contributed by atoms with van der Waals surface area (Å²) in [5, 5.41) is 5.85. The molecular weight excluding hydrogens is 355 g/mol. The Balaban J connectivity index is 1.63. The summed E-state index contributed by atoms with van der Waals surface area (Å²) >= 11 is 0. The molecule has 10 heteroatoms. The average molecular weight is 365 g/mol. The smallest absolute Gasteiger partial charge is 0.416 e. The van der Waals surface area contributed by atoms with E-state index in [2.05, 4.69) is 15.2 Å². The summed E-state index contributed by atoms with van der Waals surface area (Å²) in [6, 6.07) is 5.45. The zero-order chi connectivity index (χ0) is 18.7. The number of ketones is 2. The molecule has 3 rings (SSSR count). The molecule has 26 heavy (non-hydrogen) atoms. The minimum Gasteiger partial charge on any atom is -0.465 e. The minimum atomic E-state index is -4.43. The van der Waals surface area contributed by atoms with Gasteiger partial charge in [-0.3, -0.25) is 14.7 Å². The van der Waals surface area contributed by atoms with Crippen LogP contribution < -0.4 is 4.74 Å². The number of H-pyrrole nitrogens is 1. The topological polar surface area (TPSA) is 98.1 Å². The monoisotopic (exact) mass is 365 g/mol. The van der Waals surface area contributed by atoms with Crippen LogP contribution in [0.1, 0.15) is 21.9 Å². The van der Waals surface area contributed by atoms with Gasteiger partial charge >= 0.3 is 6.18 Å². The van der Waals surface area contributed by atoms with E-state index in [1.807, 2.05) is 0 Å². The van der Waals surface area contributed by atoms with Crippen LogP contribution in [0.15, 0.2) is 47.3 Å². The number of Topliss-reactive ketones (excluding diaryl/α,β-unsaturated/α-hetero) is 2. The maximum Gasteiger partial charge on any atom is 0.416 e. The van der Waals surface area contributed by atoms with Crippen molar-refractivity contribution in [2.24, 2.45) is 0 Å². The molecule has 0 saturated carbocycles. The molecule has 0 aliphatic carbocycles. The third kappa shape index (κ3) is 3.97. The molecule has 7 nitrogen and oxygen atoms in total. The quantitative estimate of drug-likeness (QED) is 0.532. The first-order chi connectivity index (χ1) is 12.3. The van der Waals surface area contributed by atoms with E-state index >= 15 is 0 Å². The first kappa shape index (κ1) is 17.4. The fourth-order valence-corrected chi connectivity index (χ4v) is 2.04. The second kappa shape index (κ2) is 6.82. The van der Waals surface area contributed by atoms with E-state index in [1.54, 1.807) is 0 Å². The Hall–Kier alpha value is -3.43. The number of benzene rings is 1. The number of halogens is 3. The molecule has 0 atom stereocenters. The second-order valence-corrected chi connectivity index (χ2v) is 5.12. The number of hydrogen-bond acceptors (Lipinski definition) is 6. The van der Waals surface area contributed by atoms with Gasteiger partial charge in [0.1, 0.15) is 24.1 Å². The van der Waals surface area contributed by atoms with Gasteiger partial charge in [0.05, 0.1) is 12.0 Å². The normalized spacial score (nSPS) is 11.3. The van der Waals surface area contributed by atoms with Crippen molar-refractivity contribution in [3.8, 4) is 11.5 Å². The number of rotatable bonds is 6. The van der Waals surface area contributed by atoms with Gasteiger partial charge in [-0.25, -0.2) is 4.98 Å².